The maximum absolute atomic E-state index is 11.9. The molecule has 0 aliphatic heterocycles. The number of rotatable bonds is 7. The van der Waals surface area contributed by atoms with Gasteiger partial charge in [0, 0.05) is 31.4 Å². The van der Waals surface area contributed by atoms with Crippen molar-refractivity contribution in [1.29, 1.82) is 0 Å². The van der Waals surface area contributed by atoms with Gasteiger partial charge in [-0.15, -0.1) is 0 Å². The van der Waals surface area contributed by atoms with Crippen molar-refractivity contribution in [2.24, 2.45) is 0 Å². The number of nitrogens with one attached hydrogen (secondary N) is 1. The van der Waals surface area contributed by atoms with Gasteiger partial charge in [-0.1, -0.05) is 0 Å². The molecule has 0 aliphatic carbocycles. The Hall–Kier alpha value is -2.34. The van der Waals surface area contributed by atoms with Gasteiger partial charge in [0.2, 0.25) is 5.91 Å². The molecule has 0 unspecified atom stereocenters. The summed E-state index contributed by atoms with van der Waals surface area (Å²) in [6.45, 7) is 3.21. The summed E-state index contributed by atoms with van der Waals surface area (Å²) < 4.78 is 6.88. The van der Waals surface area contributed by atoms with E-state index in [-0.39, 0.29) is 5.91 Å². The monoisotopic (exact) mass is 288 g/mol. The molecule has 0 fully saturated rings. The number of aromatic nitrogens is 2. The molecule has 0 saturated heterocycles. The van der Waals surface area contributed by atoms with Crippen LogP contribution in [0.25, 0.3) is 5.69 Å². The highest BCUT2D eigenvalue weighted by atomic mass is 16.5. The highest BCUT2D eigenvalue weighted by Gasteiger charge is 2.08. The third-order valence-corrected chi connectivity index (χ3v) is 2.94. The molecule has 21 heavy (non-hydrogen) atoms. The molecule has 0 radical (unpaired) electrons. The molecule has 6 heteroatoms. The molecule has 1 aromatic carbocycles. The van der Waals surface area contributed by atoms with Crippen LogP contribution in [0.5, 0.6) is 0 Å². The number of hydrogen-bond donors (Lipinski definition) is 2. The lowest BCUT2D eigenvalue weighted by atomic mass is 10.3. The van der Waals surface area contributed by atoms with Crippen LogP contribution < -0.4 is 11.1 Å². The van der Waals surface area contributed by atoms with Gasteiger partial charge in [0.15, 0.2) is 0 Å². The topological polar surface area (TPSA) is 82.2 Å². The minimum Gasteiger partial charge on any atom is -0.399 e. The molecule has 6 nitrogen and oxygen atoms in total. The summed E-state index contributed by atoms with van der Waals surface area (Å²) in [6, 6.07) is 9.06. The van der Waals surface area contributed by atoms with Crippen LogP contribution >= 0.6 is 0 Å². The zero-order valence-corrected chi connectivity index (χ0v) is 12.1. The maximum Gasteiger partial charge on any atom is 0.225 e. The van der Waals surface area contributed by atoms with Gasteiger partial charge in [0.25, 0.3) is 0 Å². The van der Waals surface area contributed by atoms with Crippen molar-refractivity contribution in [3.8, 4) is 5.69 Å². The Labute approximate surface area is 123 Å². The number of nitrogens with two attached hydrogens (primary N) is 1. The normalized spacial score (nSPS) is 10.5. The van der Waals surface area contributed by atoms with E-state index in [2.05, 4.69) is 10.4 Å². The molecule has 0 atom stereocenters. The zero-order valence-electron chi connectivity index (χ0n) is 12.1. The Bertz CT molecular complexity index is 578. The van der Waals surface area contributed by atoms with Gasteiger partial charge in [-0.3, -0.25) is 4.79 Å². The Morgan fingerprint density at radius 1 is 1.33 bits per heavy atom. The first kappa shape index (κ1) is 15.1. The van der Waals surface area contributed by atoms with Crippen molar-refractivity contribution in [2.45, 2.75) is 19.8 Å². The van der Waals surface area contributed by atoms with Gasteiger partial charge in [-0.25, -0.2) is 4.68 Å². The van der Waals surface area contributed by atoms with E-state index < -0.39 is 0 Å². The van der Waals surface area contributed by atoms with Gasteiger partial charge in [0.1, 0.15) is 5.82 Å². The summed E-state index contributed by atoms with van der Waals surface area (Å²) in [4.78, 5) is 11.9. The molecule has 0 saturated carbocycles. The van der Waals surface area contributed by atoms with Crippen molar-refractivity contribution in [3.63, 3.8) is 0 Å². The van der Waals surface area contributed by atoms with Crippen LogP contribution in [0.3, 0.4) is 0 Å². The van der Waals surface area contributed by atoms with Crippen molar-refractivity contribution in [1.82, 2.24) is 9.78 Å². The Kier molecular flexibility index (Phi) is 5.34. The van der Waals surface area contributed by atoms with Gasteiger partial charge in [0.05, 0.1) is 11.9 Å². The minimum absolute atomic E-state index is 0.0492. The first-order valence-electron chi connectivity index (χ1n) is 6.98. The molecule has 3 N–H and O–H groups in total. The molecule has 0 bridgehead atoms. The van der Waals surface area contributed by atoms with E-state index in [9.17, 15) is 4.79 Å². The fourth-order valence-corrected chi connectivity index (χ4v) is 1.90. The number of anilines is 2. The highest BCUT2D eigenvalue weighted by molar-refractivity contribution is 5.90. The molecular formula is C15H20N4O2. The first-order chi connectivity index (χ1) is 10.2. The molecule has 2 aromatic rings. The second-order valence-corrected chi connectivity index (χ2v) is 4.57. The average molecular weight is 288 g/mol. The quantitative estimate of drug-likeness (QED) is 0.604. The molecule has 2 rings (SSSR count). The first-order valence-corrected chi connectivity index (χ1v) is 6.98. The van der Waals surface area contributed by atoms with Crippen LogP contribution in [-0.2, 0) is 9.53 Å². The molecule has 0 aliphatic rings. The summed E-state index contributed by atoms with van der Waals surface area (Å²) in [5, 5.41) is 7.07. The predicted molar refractivity (Wildman–Crippen MR) is 82.3 cm³/mol. The molecule has 1 aromatic heterocycles. The van der Waals surface area contributed by atoms with E-state index in [1.54, 1.807) is 29.1 Å². The van der Waals surface area contributed by atoms with Crippen LogP contribution in [-0.4, -0.2) is 28.9 Å². The maximum atomic E-state index is 11.9. The van der Waals surface area contributed by atoms with Crippen LogP contribution in [0.15, 0.2) is 36.5 Å². The van der Waals surface area contributed by atoms with E-state index in [4.69, 9.17) is 10.5 Å². The van der Waals surface area contributed by atoms with Crippen molar-refractivity contribution < 1.29 is 9.53 Å². The number of nitrogen functional groups attached to an aromatic ring is 1. The zero-order chi connectivity index (χ0) is 15.1. The lowest BCUT2D eigenvalue weighted by Crippen LogP contribution is -2.15. The van der Waals surface area contributed by atoms with Crippen molar-refractivity contribution in [2.75, 3.05) is 24.3 Å². The van der Waals surface area contributed by atoms with Gasteiger partial charge < -0.3 is 15.8 Å². The molecule has 0 spiro atoms. The number of hydrogen-bond acceptors (Lipinski definition) is 4. The van der Waals surface area contributed by atoms with Crippen LogP contribution in [0.1, 0.15) is 19.8 Å². The summed E-state index contributed by atoms with van der Waals surface area (Å²) in [5.74, 6) is 0.591. The number of amides is 1. The Balaban J connectivity index is 1.97. The minimum atomic E-state index is -0.0492. The average Bonchev–Trinajstić information content (AvgIpc) is 2.92. The number of carbonyl (C=O) groups excluding carboxylic acids is 1. The standard InChI is InChI=1S/C15H20N4O2/c1-2-21-11-3-4-15(20)18-14-9-10-17-19(14)13-7-5-12(16)6-8-13/h5-10H,2-4,11,16H2,1H3,(H,18,20). The van der Waals surface area contributed by atoms with E-state index in [0.717, 1.165) is 5.69 Å². The lowest BCUT2D eigenvalue weighted by molar-refractivity contribution is -0.116. The Morgan fingerprint density at radius 3 is 2.81 bits per heavy atom. The third kappa shape index (κ3) is 4.32. The largest absolute Gasteiger partial charge is 0.399 e. The summed E-state index contributed by atoms with van der Waals surface area (Å²) in [6.07, 6.45) is 2.77. The summed E-state index contributed by atoms with van der Waals surface area (Å²) in [7, 11) is 0. The van der Waals surface area contributed by atoms with E-state index >= 15 is 0 Å². The van der Waals surface area contributed by atoms with Gasteiger partial charge in [-0.2, -0.15) is 5.10 Å². The number of nitrogens with zero attached hydrogens (tertiary/aromatic N) is 2. The van der Waals surface area contributed by atoms with Gasteiger partial charge >= 0.3 is 0 Å². The third-order valence-electron chi connectivity index (χ3n) is 2.94. The van der Waals surface area contributed by atoms with Crippen LogP contribution in [0.4, 0.5) is 11.5 Å². The SMILES string of the molecule is CCOCCCC(=O)Nc1ccnn1-c1ccc(N)cc1. The van der Waals surface area contributed by atoms with E-state index in [1.165, 1.54) is 0 Å². The number of ether oxygens (including phenoxy) is 1. The Morgan fingerprint density at radius 2 is 2.10 bits per heavy atom. The van der Waals surface area contributed by atoms with E-state index in [1.807, 2.05) is 19.1 Å². The number of benzene rings is 1. The molecule has 1 amide bonds. The van der Waals surface area contributed by atoms with Crippen LogP contribution in [0.2, 0.25) is 0 Å². The summed E-state index contributed by atoms with van der Waals surface area (Å²) in [5.41, 5.74) is 7.20. The van der Waals surface area contributed by atoms with Gasteiger partial charge in [-0.05, 0) is 37.6 Å². The fourth-order valence-electron chi connectivity index (χ4n) is 1.90. The molecule has 112 valence electrons. The fraction of sp³-hybridized carbons (Fsp3) is 0.333. The second-order valence-electron chi connectivity index (χ2n) is 4.57. The highest BCUT2D eigenvalue weighted by Crippen LogP contribution is 2.16. The van der Waals surface area contributed by atoms with Crippen molar-refractivity contribution >= 4 is 17.4 Å². The smallest absolute Gasteiger partial charge is 0.225 e. The summed E-state index contributed by atoms with van der Waals surface area (Å²) >= 11 is 0. The predicted octanol–water partition coefficient (Wildman–Crippen LogP) is 2.21. The lowest BCUT2D eigenvalue weighted by Gasteiger charge is -2.09. The van der Waals surface area contributed by atoms with E-state index in [0.29, 0.717) is 37.6 Å². The van der Waals surface area contributed by atoms with Crippen LogP contribution in [0, 0.1) is 0 Å². The van der Waals surface area contributed by atoms with Crippen molar-refractivity contribution in [3.05, 3.63) is 36.5 Å². The number of carbonyl (C=O) groups is 1. The molecular weight excluding hydrogens is 268 g/mol. The second kappa shape index (κ2) is 7.44. The molecule has 1 heterocycles.